The quantitative estimate of drug-likeness (QED) is 0.466. The Kier molecular flexibility index (Phi) is 3.28. The molecule has 5 nitrogen and oxygen atoms in total. The van der Waals surface area contributed by atoms with Gasteiger partial charge in [0.15, 0.2) is 5.60 Å². The Bertz CT molecular complexity index is 260. The predicted molar refractivity (Wildman–Crippen MR) is 48.7 cm³/mol. The molecular formula is C9H14O5. The molecule has 5 heteroatoms. The van der Waals surface area contributed by atoms with Crippen molar-refractivity contribution in [1.29, 1.82) is 0 Å². The normalized spacial score (nSPS) is 30.8. The number of rotatable bonds is 2. The Morgan fingerprint density at radius 1 is 1.64 bits per heavy atom. The van der Waals surface area contributed by atoms with Crippen molar-refractivity contribution >= 4 is 0 Å². The first-order chi connectivity index (χ1) is 6.50. The molecule has 1 rings (SSSR count). The fraction of sp³-hybridized carbons (Fsp3) is 0.556. The summed E-state index contributed by atoms with van der Waals surface area (Å²) in [7, 11) is 0. The minimum Gasteiger partial charge on any atom is -0.509 e. The second-order valence-electron chi connectivity index (χ2n) is 3.30. The monoisotopic (exact) mass is 202 g/mol. The van der Waals surface area contributed by atoms with Crippen LogP contribution in [0.3, 0.4) is 0 Å². The Morgan fingerprint density at radius 3 is 2.86 bits per heavy atom. The summed E-state index contributed by atoms with van der Waals surface area (Å²) >= 11 is 0. The van der Waals surface area contributed by atoms with Gasteiger partial charge in [-0.1, -0.05) is 6.58 Å². The lowest BCUT2D eigenvalue weighted by molar-refractivity contribution is -0.123. The topological polar surface area (TPSA) is 90.2 Å². The van der Waals surface area contributed by atoms with Crippen LogP contribution in [-0.2, 0) is 4.74 Å². The highest BCUT2D eigenvalue weighted by molar-refractivity contribution is 5.26. The van der Waals surface area contributed by atoms with Crippen molar-refractivity contribution in [2.45, 2.75) is 11.7 Å². The summed E-state index contributed by atoms with van der Waals surface area (Å²) in [4.78, 5) is 0. The van der Waals surface area contributed by atoms with Crippen LogP contribution in [0.2, 0.25) is 0 Å². The molecule has 0 bridgehead atoms. The first-order valence-corrected chi connectivity index (χ1v) is 4.18. The molecule has 0 saturated carbocycles. The van der Waals surface area contributed by atoms with Crippen LogP contribution < -0.4 is 0 Å². The molecule has 0 aromatic carbocycles. The molecule has 0 spiro atoms. The molecule has 0 aromatic heterocycles. The second-order valence-corrected chi connectivity index (χ2v) is 3.30. The SMILES string of the molecule is C=C1C=C(O)C(O)(C(O)CO)COC1. The Morgan fingerprint density at radius 2 is 2.29 bits per heavy atom. The van der Waals surface area contributed by atoms with Gasteiger partial charge >= 0.3 is 0 Å². The largest absolute Gasteiger partial charge is 0.509 e. The minimum absolute atomic E-state index is 0.171. The van der Waals surface area contributed by atoms with Gasteiger partial charge in [-0.2, -0.15) is 0 Å². The maximum absolute atomic E-state index is 9.81. The van der Waals surface area contributed by atoms with Crippen molar-refractivity contribution in [2.75, 3.05) is 19.8 Å². The van der Waals surface area contributed by atoms with Crippen molar-refractivity contribution in [3.8, 4) is 0 Å². The van der Waals surface area contributed by atoms with Crippen LogP contribution in [0.1, 0.15) is 0 Å². The van der Waals surface area contributed by atoms with Gasteiger partial charge in [-0.05, 0) is 11.6 Å². The van der Waals surface area contributed by atoms with E-state index in [9.17, 15) is 15.3 Å². The Balaban J connectivity index is 2.95. The summed E-state index contributed by atoms with van der Waals surface area (Å²) in [6, 6.07) is 0. The van der Waals surface area contributed by atoms with Crippen LogP contribution in [0.25, 0.3) is 0 Å². The third-order valence-electron chi connectivity index (χ3n) is 2.12. The van der Waals surface area contributed by atoms with E-state index in [1.165, 1.54) is 6.08 Å². The van der Waals surface area contributed by atoms with Gasteiger partial charge in [0.05, 0.1) is 19.8 Å². The fourth-order valence-electron chi connectivity index (χ4n) is 1.19. The maximum atomic E-state index is 9.81. The molecule has 0 aliphatic carbocycles. The van der Waals surface area contributed by atoms with E-state index in [1.807, 2.05) is 0 Å². The van der Waals surface area contributed by atoms with Crippen LogP contribution >= 0.6 is 0 Å². The van der Waals surface area contributed by atoms with Gasteiger partial charge in [-0.3, -0.25) is 0 Å². The zero-order valence-electron chi connectivity index (χ0n) is 7.68. The van der Waals surface area contributed by atoms with Gasteiger partial charge in [0.1, 0.15) is 11.9 Å². The number of hydrogen-bond donors (Lipinski definition) is 4. The molecule has 14 heavy (non-hydrogen) atoms. The molecule has 2 atom stereocenters. The van der Waals surface area contributed by atoms with Crippen LogP contribution in [0.15, 0.2) is 24.0 Å². The van der Waals surface area contributed by atoms with Crippen molar-refractivity contribution in [2.24, 2.45) is 0 Å². The van der Waals surface area contributed by atoms with E-state index in [-0.39, 0.29) is 13.2 Å². The van der Waals surface area contributed by atoms with E-state index in [0.717, 1.165) is 0 Å². The summed E-state index contributed by atoms with van der Waals surface area (Å²) in [5, 5.41) is 37.3. The fourth-order valence-corrected chi connectivity index (χ4v) is 1.19. The second kappa shape index (κ2) is 4.10. The van der Waals surface area contributed by atoms with Crippen molar-refractivity contribution in [3.63, 3.8) is 0 Å². The minimum atomic E-state index is -1.95. The van der Waals surface area contributed by atoms with E-state index in [2.05, 4.69) is 6.58 Å². The van der Waals surface area contributed by atoms with Gasteiger partial charge in [-0.15, -0.1) is 0 Å². The molecule has 1 aliphatic heterocycles. The molecular weight excluding hydrogens is 188 g/mol. The summed E-state index contributed by atoms with van der Waals surface area (Å²) in [5.41, 5.74) is -1.46. The molecule has 4 N–H and O–H groups in total. The van der Waals surface area contributed by atoms with E-state index >= 15 is 0 Å². The highest BCUT2D eigenvalue weighted by atomic mass is 16.5. The summed E-state index contributed by atoms with van der Waals surface area (Å²) in [6.45, 7) is 2.79. The molecule has 0 saturated heterocycles. The van der Waals surface area contributed by atoms with E-state index in [0.29, 0.717) is 5.57 Å². The molecule has 1 aliphatic rings. The molecule has 2 unspecified atom stereocenters. The van der Waals surface area contributed by atoms with Crippen molar-refractivity contribution in [3.05, 3.63) is 24.0 Å². The van der Waals surface area contributed by atoms with E-state index in [4.69, 9.17) is 9.84 Å². The van der Waals surface area contributed by atoms with Gasteiger partial charge < -0.3 is 25.2 Å². The van der Waals surface area contributed by atoms with E-state index < -0.39 is 24.1 Å². The molecule has 1 heterocycles. The van der Waals surface area contributed by atoms with Crippen molar-refractivity contribution in [1.82, 2.24) is 0 Å². The zero-order chi connectivity index (χ0) is 10.8. The van der Waals surface area contributed by atoms with Crippen LogP contribution in [0.5, 0.6) is 0 Å². The first kappa shape index (κ1) is 11.2. The number of hydrogen-bond acceptors (Lipinski definition) is 5. The number of aliphatic hydroxyl groups is 4. The maximum Gasteiger partial charge on any atom is 0.172 e. The molecule has 0 aromatic rings. The van der Waals surface area contributed by atoms with Gasteiger partial charge in [0.2, 0.25) is 0 Å². The Labute approximate surface area is 81.6 Å². The number of aliphatic hydroxyl groups excluding tert-OH is 3. The van der Waals surface area contributed by atoms with Gasteiger partial charge in [0, 0.05) is 0 Å². The smallest absolute Gasteiger partial charge is 0.172 e. The lowest BCUT2D eigenvalue weighted by atomic mass is 9.95. The van der Waals surface area contributed by atoms with Gasteiger partial charge in [-0.25, -0.2) is 0 Å². The average molecular weight is 202 g/mol. The van der Waals surface area contributed by atoms with Crippen LogP contribution in [0.4, 0.5) is 0 Å². The lowest BCUT2D eigenvalue weighted by Crippen LogP contribution is -2.49. The number of ether oxygens (including phenoxy) is 1. The standard InChI is InChI=1S/C9H14O5/c1-6-2-7(11)9(13,5-14-4-6)8(12)3-10/h2,8,10-13H,1,3-5H2. The van der Waals surface area contributed by atoms with Crippen LogP contribution in [-0.4, -0.2) is 52.0 Å². The predicted octanol–water partition coefficient (Wildman–Crippen LogP) is -0.901. The summed E-state index contributed by atoms with van der Waals surface area (Å²) in [6.07, 6.45) is -0.254. The highest BCUT2D eigenvalue weighted by Crippen LogP contribution is 2.24. The summed E-state index contributed by atoms with van der Waals surface area (Å²) < 4.78 is 4.98. The molecule has 0 amide bonds. The third kappa shape index (κ3) is 1.96. The molecule has 80 valence electrons. The van der Waals surface area contributed by atoms with Gasteiger partial charge in [0.25, 0.3) is 0 Å². The molecule has 0 radical (unpaired) electrons. The van der Waals surface area contributed by atoms with E-state index in [1.54, 1.807) is 0 Å². The lowest BCUT2D eigenvalue weighted by Gasteiger charge is -2.29. The van der Waals surface area contributed by atoms with Crippen molar-refractivity contribution < 1.29 is 25.2 Å². The Hall–Kier alpha value is -0.880. The third-order valence-corrected chi connectivity index (χ3v) is 2.12. The highest BCUT2D eigenvalue weighted by Gasteiger charge is 2.41. The molecule has 0 fully saturated rings. The zero-order valence-corrected chi connectivity index (χ0v) is 7.68. The summed E-state index contributed by atoms with van der Waals surface area (Å²) in [5.74, 6) is -0.443. The first-order valence-electron chi connectivity index (χ1n) is 4.18. The average Bonchev–Trinajstić information content (AvgIpc) is 2.26. The van der Waals surface area contributed by atoms with Crippen LogP contribution in [0, 0.1) is 0 Å².